The summed E-state index contributed by atoms with van der Waals surface area (Å²) in [5.41, 5.74) is 2.55. The van der Waals surface area contributed by atoms with Crippen LogP contribution in [0.1, 0.15) is 24.5 Å². The monoisotopic (exact) mass is 347 g/mol. The summed E-state index contributed by atoms with van der Waals surface area (Å²) in [5, 5.41) is 3.29. The summed E-state index contributed by atoms with van der Waals surface area (Å²) >= 11 is 3.46. The van der Waals surface area contributed by atoms with Gasteiger partial charge in [0, 0.05) is 30.3 Å². The Kier molecular flexibility index (Phi) is 6.21. The normalized spacial score (nSPS) is 10.9. The largest absolute Gasteiger partial charge is 0.370 e. The molecule has 1 aromatic carbocycles. The number of nitrogens with zero attached hydrogens (tertiary/aromatic N) is 2. The lowest BCUT2D eigenvalue weighted by Crippen LogP contribution is -2.17. The molecule has 0 bridgehead atoms. The molecule has 0 radical (unpaired) electrons. The Bertz CT molecular complexity index is 537. The van der Waals surface area contributed by atoms with E-state index in [4.69, 9.17) is 0 Å². The molecule has 1 N–H and O–H groups in total. The first-order valence-corrected chi connectivity index (χ1v) is 8.08. The van der Waals surface area contributed by atoms with Crippen LogP contribution in [0.5, 0.6) is 0 Å². The minimum atomic E-state index is 0.900. The summed E-state index contributed by atoms with van der Waals surface area (Å²) in [7, 11) is 2.13. The summed E-state index contributed by atoms with van der Waals surface area (Å²) < 4.78 is 1.12. The number of rotatable bonds is 7. The molecule has 3 nitrogen and oxygen atoms in total. The van der Waals surface area contributed by atoms with Crippen molar-refractivity contribution < 1.29 is 0 Å². The molecular formula is C17H22BrN3. The second kappa shape index (κ2) is 8.15. The third-order valence-corrected chi connectivity index (χ3v) is 3.73. The Morgan fingerprint density at radius 2 is 1.71 bits per heavy atom. The standard InChI is InChI=1S/C17H22BrN3/c1-3-10-19-17-9-6-15(11-20-17)13-21(2)12-14-4-7-16(18)8-5-14/h4-9,11H,3,10,12-13H2,1-2H3,(H,19,20). The Labute approximate surface area is 135 Å². The highest BCUT2D eigenvalue weighted by molar-refractivity contribution is 9.10. The van der Waals surface area contributed by atoms with Crippen LogP contribution in [-0.2, 0) is 13.1 Å². The quantitative estimate of drug-likeness (QED) is 0.809. The highest BCUT2D eigenvalue weighted by Gasteiger charge is 2.03. The van der Waals surface area contributed by atoms with Crippen LogP contribution in [0.15, 0.2) is 47.1 Å². The van der Waals surface area contributed by atoms with Gasteiger partial charge in [0.2, 0.25) is 0 Å². The molecule has 21 heavy (non-hydrogen) atoms. The molecule has 0 fully saturated rings. The van der Waals surface area contributed by atoms with Crippen LogP contribution in [0, 0.1) is 0 Å². The number of aromatic nitrogens is 1. The van der Waals surface area contributed by atoms with Gasteiger partial charge in [0.05, 0.1) is 0 Å². The number of anilines is 1. The maximum absolute atomic E-state index is 4.44. The van der Waals surface area contributed by atoms with Crippen LogP contribution in [-0.4, -0.2) is 23.5 Å². The van der Waals surface area contributed by atoms with E-state index < -0.39 is 0 Å². The first kappa shape index (κ1) is 16.0. The fraction of sp³-hybridized carbons (Fsp3) is 0.353. The molecule has 0 atom stereocenters. The van der Waals surface area contributed by atoms with Crippen molar-refractivity contribution in [3.05, 3.63) is 58.2 Å². The summed E-state index contributed by atoms with van der Waals surface area (Å²) in [6, 6.07) is 12.7. The van der Waals surface area contributed by atoms with E-state index in [1.54, 1.807) is 0 Å². The van der Waals surface area contributed by atoms with Gasteiger partial charge in [-0.15, -0.1) is 0 Å². The van der Waals surface area contributed by atoms with Crippen molar-refractivity contribution in [2.24, 2.45) is 0 Å². The van der Waals surface area contributed by atoms with E-state index in [2.05, 4.69) is 81.5 Å². The average Bonchev–Trinajstić information content (AvgIpc) is 2.49. The van der Waals surface area contributed by atoms with Crippen molar-refractivity contribution in [2.75, 3.05) is 18.9 Å². The van der Waals surface area contributed by atoms with Gasteiger partial charge >= 0.3 is 0 Å². The molecule has 0 amide bonds. The Hall–Kier alpha value is -1.39. The number of hydrogen-bond donors (Lipinski definition) is 1. The summed E-state index contributed by atoms with van der Waals surface area (Å²) in [6.45, 7) is 4.95. The van der Waals surface area contributed by atoms with Crippen LogP contribution in [0.4, 0.5) is 5.82 Å². The van der Waals surface area contributed by atoms with Crippen molar-refractivity contribution in [3.8, 4) is 0 Å². The molecule has 2 rings (SSSR count). The Morgan fingerprint density at radius 3 is 2.33 bits per heavy atom. The number of hydrogen-bond acceptors (Lipinski definition) is 3. The zero-order chi connectivity index (χ0) is 15.1. The SMILES string of the molecule is CCCNc1ccc(CN(C)Cc2ccc(Br)cc2)cn1. The van der Waals surface area contributed by atoms with Crippen LogP contribution >= 0.6 is 15.9 Å². The summed E-state index contributed by atoms with van der Waals surface area (Å²) in [6.07, 6.45) is 3.06. The van der Waals surface area contributed by atoms with Crippen molar-refractivity contribution in [2.45, 2.75) is 26.4 Å². The predicted molar refractivity (Wildman–Crippen MR) is 92.3 cm³/mol. The Morgan fingerprint density at radius 1 is 1.05 bits per heavy atom. The van der Waals surface area contributed by atoms with E-state index in [-0.39, 0.29) is 0 Å². The van der Waals surface area contributed by atoms with Crippen LogP contribution in [0.3, 0.4) is 0 Å². The van der Waals surface area contributed by atoms with E-state index in [0.717, 1.165) is 36.3 Å². The number of halogens is 1. The lowest BCUT2D eigenvalue weighted by atomic mass is 10.2. The molecular weight excluding hydrogens is 326 g/mol. The smallest absolute Gasteiger partial charge is 0.125 e. The van der Waals surface area contributed by atoms with Gasteiger partial charge in [0.15, 0.2) is 0 Å². The lowest BCUT2D eigenvalue weighted by Gasteiger charge is -2.17. The summed E-state index contributed by atoms with van der Waals surface area (Å²) in [5.74, 6) is 0.955. The fourth-order valence-corrected chi connectivity index (χ4v) is 2.41. The second-order valence-corrected chi connectivity index (χ2v) is 6.19. The van der Waals surface area contributed by atoms with Crippen molar-refractivity contribution in [1.82, 2.24) is 9.88 Å². The first-order valence-electron chi connectivity index (χ1n) is 7.29. The molecule has 0 spiro atoms. The van der Waals surface area contributed by atoms with Gasteiger partial charge in [0.25, 0.3) is 0 Å². The van der Waals surface area contributed by atoms with E-state index >= 15 is 0 Å². The van der Waals surface area contributed by atoms with Gasteiger partial charge in [-0.3, -0.25) is 4.90 Å². The topological polar surface area (TPSA) is 28.2 Å². The van der Waals surface area contributed by atoms with Crippen LogP contribution < -0.4 is 5.32 Å². The molecule has 0 saturated heterocycles. The number of benzene rings is 1. The molecule has 1 aromatic heterocycles. The zero-order valence-corrected chi connectivity index (χ0v) is 14.2. The maximum Gasteiger partial charge on any atom is 0.125 e. The fourth-order valence-electron chi connectivity index (χ4n) is 2.14. The number of nitrogens with one attached hydrogen (secondary N) is 1. The third-order valence-electron chi connectivity index (χ3n) is 3.20. The van der Waals surface area contributed by atoms with Crippen LogP contribution in [0.2, 0.25) is 0 Å². The van der Waals surface area contributed by atoms with Gasteiger partial charge in [-0.2, -0.15) is 0 Å². The highest BCUT2D eigenvalue weighted by Crippen LogP contribution is 2.13. The first-order chi connectivity index (χ1) is 10.2. The van der Waals surface area contributed by atoms with E-state index in [1.165, 1.54) is 11.1 Å². The molecule has 0 saturated carbocycles. The molecule has 0 aliphatic rings. The maximum atomic E-state index is 4.44. The molecule has 1 heterocycles. The van der Waals surface area contributed by atoms with Gasteiger partial charge in [-0.05, 0) is 42.8 Å². The van der Waals surface area contributed by atoms with Crippen molar-refractivity contribution in [3.63, 3.8) is 0 Å². The van der Waals surface area contributed by atoms with Crippen molar-refractivity contribution >= 4 is 21.7 Å². The van der Waals surface area contributed by atoms with E-state index in [9.17, 15) is 0 Å². The molecule has 2 aromatic rings. The molecule has 0 aliphatic heterocycles. The summed E-state index contributed by atoms with van der Waals surface area (Å²) in [4.78, 5) is 6.73. The minimum Gasteiger partial charge on any atom is -0.370 e. The minimum absolute atomic E-state index is 0.900. The van der Waals surface area contributed by atoms with Gasteiger partial charge in [-0.1, -0.05) is 41.1 Å². The second-order valence-electron chi connectivity index (χ2n) is 5.28. The number of pyridine rings is 1. The molecule has 0 aliphatic carbocycles. The van der Waals surface area contributed by atoms with Gasteiger partial charge < -0.3 is 5.32 Å². The van der Waals surface area contributed by atoms with E-state index in [1.807, 2.05) is 6.20 Å². The van der Waals surface area contributed by atoms with E-state index in [0.29, 0.717) is 0 Å². The predicted octanol–water partition coefficient (Wildman–Crippen LogP) is 4.30. The molecule has 0 unspecified atom stereocenters. The Balaban J connectivity index is 1.87. The molecule has 4 heteroatoms. The van der Waals surface area contributed by atoms with Gasteiger partial charge in [-0.25, -0.2) is 4.98 Å². The zero-order valence-electron chi connectivity index (χ0n) is 12.6. The third kappa shape index (κ3) is 5.48. The van der Waals surface area contributed by atoms with Crippen molar-refractivity contribution in [1.29, 1.82) is 0 Å². The average molecular weight is 348 g/mol. The van der Waals surface area contributed by atoms with Gasteiger partial charge in [0.1, 0.15) is 5.82 Å². The lowest BCUT2D eigenvalue weighted by molar-refractivity contribution is 0.318. The molecule has 112 valence electrons. The van der Waals surface area contributed by atoms with Crippen LogP contribution in [0.25, 0.3) is 0 Å². The highest BCUT2D eigenvalue weighted by atomic mass is 79.9.